The van der Waals surface area contributed by atoms with Crippen LogP contribution in [0.3, 0.4) is 0 Å². The van der Waals surface area contributed by atoms with Crippen molar-refractivity contribution in [2.24, 2.45) is 0 Å². The fourth-order valence-corrected chi connectivity index (χ4v) is 5.25. The molecule has 0 radical (unpaired) electrons. The second-order valence-electron chi connectivity index (χ2n) is 6.31. The molecule has 2 fully saturated rings. The smallest absolute Gasteiger partial charge is 0.277 e. The number of amides is 1. The van der Waals surface area contributed by atoms with Crippen molar-refractivity contribution < 1.29 is 13.2 Å². The number of carbonyl (C=O) groups is 1. The van der Waals surface area contributed by atoms with E-state index in [4.69, 9.17) is 0 Å². The maximum absolute atomic E-state index is 12.4. The highest BCUT2D eigenvalue weighted by molar-refractivity contribution is 7.91. The second kappa shape index (κ2) is 5.62. The molecule has 1 atom stereocenters. The molecule has 2 aromatic rings. The van der Waals surface area contributed by atoms with Crippen LogP contribution in [0.2, 0.25) is 0 Å². The van der Waals surface area contributed by atoms with Gasteiger partial charge in [0.1, 0.15) is 5.01 Å². The molecule has 1 aliphatic carbocycles. The van der Waals surface area contributed by atoms with Crippen LogP contribution in [0.4, 0.5) is 5.13 Å². The van der Waals surface area contributed by atoms with Crippen molar-refractivity contribution in [2.75, 3.05) is 16.8 Å². The second-order valence-corrected chi connectivity index (χ2v) is 9.72. The van der Waals surface area contributed by atoms with E-state index in [0.717, 1.165) is 23.5 Å². The van der Waals surface area contributed by atoms with Crippen LogP contribution in [0, 0.1) is 6.92 Å². The van der Waals surface area contributed by atoms with Crippen molar-refractivity contribution in [1.82, 2.24) is 20.0 Å². The van der Waals surface area contributed by atoms with Crippen LogP contribution in [-0.4, -0.2) is 45.8 Å². The molecule has 8 nitrogen and oxygen atoms in total. The molecule has 1 aliphatic heterocycles. The van der Waals surface area contributed by atoms with Crippen molar-refractivity contribution in [3.05, 3.63) is 22.5 Å². The third-order valence-electron chi connectivity index (χ3n) is 4.29. The van der Waals surface area contributed by atoms with Crippen LogP contribution in [0.5, 0.6) is 0 Å². The molecule has 2 aliphatic rings. The van der Waals surface area contributed by atoms with Gasteiger partial charge in [0.05, 0.1) is 17.5 Å². The Hall–Kier alpha value is -1.81. The summed E-state index contributed by atoms with van der Waals surface area (Å²) in [6, 6.07) is 1.61. The van der Waals surface area contributed by atoms with E-state index >= 15 is 0 Å². The van der Waals surface area contributed by atoms with E-state index in [1.807, 2.05) is 6.92 Å². The summed E-state index contributed by atoms with van der Waals surface area (Å²) in [4.78, 5) is 12.4. The van der Waals surface area contributed by atoms with E-state index in [2.05, 4.69) is 20.6 Å². The Balaban J connectivity index is 1.60. The molecule has 0 aromatic carbocycles. The zero-order chi connectivity index (χ0) is 16.9. The molecule has 1 saturated heterocycles. The van der Waals surface area contributed by atoms with Gasteiger partial charge in [0.15, 0.2) is 15.5 Å². The first-order valence-corrected chi connectivity index (χ1v) is 10.5. The van der Waals surface area contributed by atoms with Crippen molar-refractivity contribution in [1.29, 1.82) is 0 Å². The average molecular weight is 367 g/mol. The minimum atomic E-state index is -3.00. The van der Waals surface area contributed by atoms with Crippen LogP contribution >= 0.6 is 11.3 Å². The highest BCUT2D eigenvalue weighted by Gasteiger charge is 2.36. The molecule has 128 valence electrons. The van der Waals surface area contributed by atoms with Crippen molar-refractivity contribution >= 4 is 32.2 Å². The Labute approximate surface area is 143 Å². The number of hydrogen-bond donors (Lipinski definition) is 1. The number of sulfone groups is 1. The van der Waals surface area contributed by atoms with Gasteiger partial charge in [0.2, 0.25) is 5.13 Å². The lowest BCUT2D eigenvalue weighted by Gasteiger charge is -2.12. The van der Waals surface area contributed by atoms with Gasteiger partial charge in [-0.15, -0.1) is 10.2 Å². The number of aryl methyl sites for hydroxylation is 1. The van der Waals surface area contributed by atoms with E-state index in [-0.39, 0.29) is 23.5 Å². The Morgan fingerprint density at radius 3 is 2.71 bits per heavy atom. The Bertz CT molecular complexity index is 897. The minimum Gasteiger partial charge on any atom is -0.295 e. The molecule has 4 rings (SSSR count). The predicted molar refractivity (Wildman–Crippen MR) is 89.1 cm³/mol. The third-order valence-corrected chi connectivity index (χ3v) is 6.80. The van der Waals surface area contributed by atoms with Crippen LogP contribution in [0.25, 0.3) is 0 Å². The highest BCUT2D eigenvalue weighted by Crippen LogP contribution is 2.42. The van der Waals surface area contributed by atoms with Gasteiger partial charge in [-0.1, -0.05) is 11.3 Å². The van der Waals surface area contributed by atoms with Gasteiger partial charge in [-0.05, 0) is 32.3 Å². The summed E-state index contributed by atoms with van der Waals surface area (Å²) in [5.41, 5.74) is 1.27. The number of nitrogens with zero attached hydrogens (tertiary/aromatic N) is 4. The molecule has 10 heteroatoms. The van der Waals surface area contributed by atoms with Gasteiger partial charge in [-0.2, -0.15) is 5.10 Å². The lowest BCUT2D eigenvalue weighted by molar-refractivity contribution is 0.102. The van der Waals surface area contributed by atoms with Gasteiger partial charge in [-0.25, -0.2) is 8.42 Å². The van der Waals surface area contributed by atoms with E-state index < -0.39 is 9.84 Å². The number of rotatable bonds is 4. The summed E-state index contributed by atoms with van der Waals surface area (Å²) in [6.45, 7) is 1.81. The van der Waals surface area contributed by atoms with E-state index in [1.54, 1.807) is 10.7 Å². The normalized spacial score (nSPS) is 22.6. The zero-order valence-corrected chi connectivity index (χ0v) is 14.7. The fraction of sp³-hybridized carbons (Fsp3) is 0.571. The quantitative estimate of drug-likeness (QED) is 0.878. The number of aromatic nitrogens is 4. The molecule has 24 heavy (non-hydrogen) atoms. The average Bonchev–Trinajstić information content (AvgIpc) is 2.96. The van der Waals surface area contributed by atoms with Gasteiger partial charge in [-0.3, -0.25) is 14.8 Å². The SMILES string of the molecule is Cc1nnc(NC(=O)c2cc(C3CC3)n([C@H]3CCS(=O)(=O)C3)n2)s1. The maximum Gasteiger partial charge on any atom is 0.277 e. The minimum absolute atomic E-state index is 0.102. The summed E-state index contributed by atoms with van der Waals surface area (Å²) in [5, 5.41) is 16.1. The first kappa shape index (κ1) is 15.7. The lowest BCUT2D eigenvalue weighted by atomic mass is 10.2. The van der Waals surface area contributed by atoms with E-state index in [0.29, 0.717) is 23.2 Å². The zero-order valence-electron chi connectivity index (χ0n) is 13.1. The highest BCUT2D eigenvalue weighted by atomic mass is 32.2. The molecule has 0 spiro atoms. The Morgan fingerprint density at radius 1 is 1.33 bits per heavy atom. The molecule has 0 bridgehead atoms. The maximum atomic E-state index is 12.4. The van der Waals surface area contributed by atoms with Crippen LogP contribution in [0.15, 0.2) is 6.07 Å². The molecular formula is C14H17N5O3S2. The standard InChI is InChI=1S/C14H17N5O3S2/c1-8-16-17-14(23-8)15-13(20)11-6-12(9-2-3-9)19(18-11)10-4-5-24(21,22)7-10/h6,9-10H,2-5,7H2,1H3,(H,15,17,20)/t10-/m0/s1. The third kappa shape index (κ3) is 3.07. The summed E-state index contributed by atoms with van der Waals surface area (Å²) in [7, 11) is -3.00. The van der Waals surface area contributed by atoms with Crippen molar-refractivity contribution in [3.8, 4) is 0 Å². The van der Waals surface area contributed by atoms with Crippen molar-refractivity contribution in [2.45, 2.75) is 38.1 Å². The molecule has 1 amide bonds. The summed E-state index contributed by atoms with van der Waals surface area (Å²) < 4.78 is 25.3. The lowest BCUT2D eigenvalue weighted by Crippen LogP contribution is -2.17. The topological polar surface area (TPSA) is 107 Å². The van der Waals surface area contributed by atoms with Gasteiger partial charge >= 0.3 is 0 Å². The first-order chi connectivity index (χ1) is 11.4. The van der Waals surface area contributed by atoms with Crippen LogP contribution < -0.4 is 5.32 Å². The Morgan fingerprint density at radius 2 is 2.12 bits per heavy atom. The molecule has 1 saturated carbocycles. The Kier molecular flexibility index (Phi) is 3.68. The first-order valence-electron chi connectivity index (χ1n) is 7.82. The predicted octanol–water partition coefficient (Wildman–Crippen LogP) is 1.53. The monoisotopic (exact) mass is 367 g/mol. The van der Waals surface area contributed by atoms with Gasteiger partial charge in [0, 0.05) is 11.6 Å². The largest absolute Gasteiger partial charge is 0.295 e. The van der Waals surface area contributed by atoms with Crippen LogP contribution in [0.1, 0.15) is 52.4 Å². The summed E-state index contributed by atoms with van der Waals surface area (Å²) in [6.07, 6.45) is 2.67. The van der Waals surface area contributed by atoms with Crippen LogP contribution in [-0.2, 0) is 9.84 Å². The number of carbonyl (C=O) groups excluding carboxylic acids is 1. The number of anilines is 1. The van der Waals surface area contributed by atoms with Gasteiger partial charge < -0.3 is 0 Å². The molecular weight excluding hydrogens is 350 g/mol. The van der Waals surface area contributed by atoms with E-state index in [1.165, 1.54) is 11.3 Å². The molecule has 1 N–H and O–H groups in total. The number of nitrogens with one attached hydrogen (secondary N) is 1. The molecule has 2 aromatic heterocycles. The fourth-order valence-electron chi connectivity index (χ4n) is 2.97. The summed E-state index contributed by atoms with van der Waals surface area (Å²) >= 11 is 1.30. The van der Waals surface area contributed by atoms with Gasteiger partial charge in [0.25, 0.3) is 5.91 Å². The molecule has 3 heterocycles. The summed E-state index contributed by atoms with van der Waals surface area (Å²) in [5.74, 6) is 0.330. The van der Waals surface area contributed by atoms with E-state index in [9.17, 15) is 13.2 Å². The number of hydrogen-bond acceptors (Lipinski definition) is 7. The molecule has 0 unspecified atom stereocenters. The van der Waals surface area contributed by atoms with Crippen molar-refractivity contribution in [3.63, 3.8) is 0 Å².